The highest BCUT2D eigenvalue weighted by atomic mass is 32.2. The Morgan fingerprint density at radius 1 is 0.879 bits per heavy atom. The molecule has 0 aliphatic carbocycles. The third-order valence-electron chi connectivity index (χ3n) is 5.59. The number of rotatable bonds is 5. The Bertz CT molecular complexity index is 1590. The maximum Gasteiger partial charge on any atom is 0.262 e. The lowest BCUT2D eigenvalue weighted by molar-refractivity contribution is 0.656. The van der Waals surface area contributed by atoms with Crippen LogP contribution in [0.1, 0.15) is 29.1 Å². The van der Waals surface area contributed by atoms with Crippen LogP contribution in [0, 0.1) is 6.92 Å². The molecule has 164 valence electrons. The first-order valence-electron chi connectivity index (χ1n) is 10.7. The van der Waals surface area contributed by atoms with Crippen molar-refractivity contribution in [1.29, 1.82) is 0 Å². The quantitative estimate of drug-likeness (QED) is 0.304. The van der Waals surface area contributed by atoms with Gasteiger partial charge in [-0.2, -0.15) is 0 Å². The van der Waals surface area contributed by atoms with Gasteiger partial charge in [0.25, 0.3) is 11.1 Å². The summed E-state index contributed by atoms with van der Waals surface area (Å²) in [5.41, 5.74) is 3.22. The van der Waals surface area contributed by atoms with Gasteiger partial charge in [0.2, 0.25) is 0 Å². The molecule has 0 radical (unpaired) electrons. The minimum Gasteiger partial charge on any atom is -0.309 e. The summed E-state index contributed by atoms with van der Waals surface area (Å²) in [5, 5.41) is 1.50. The Morgan fingerprint density at radius 2 is 1.52 bits per heavy atom. The molecule has 1 atom stereocenters. The van der Waals surface area contributed by atoms with Crippen LogP contribution in [-0.2, 0) is 6.54 Å². The number of thioether (sulfide) groups is 1. The van der Waals surface area contributed by atoms with Gasteiger partial charge in [0.05, 0.1) is 33.6 Å². The molecular formula is C26H22N4O2S. The molecule has 6 nitrogen and oxygen atoms in total. The summed E-state index contributed by atoms with van der Waals surface area (Å²) in [5.74, 6) is 0.549. The molecular weight excluding hydrogens is 432 g/mol. The van der Waals surface area contributed by atoms with Crippen LogP contribution in [-0.4, -0.2) is 19.5 Å². The van der Waals surface area contributed by atoms with E-state index in [4.69, 9.17) is 4.98 Å². The Labute approximate surface area is 194 Å². The van der Waals surface area contributed by atoms with Crippen LogP contribution in [0.4, 0.5) is 0 Å². The molecule has 0 amide bonds. The number of fused-ring (bicyclic) bond motifs is 2. The molecule has 0 saturated heterocycles. The number of para-hydroxylation sites is 2. The Kier molecular flexibility index (Phi) is 5.56. The van der Waals surface area contributed by atoms with Crippen molar-refractivity contribution in [1.82, 2.24) is 19.5 Å². The van der Waals surface area contributed by atoms with Gasteiger partial charge in [0, 0.05) is 0 Å². The zero-order valence-electron chi connectivity index (χ0n) is 18.3. The molecule has 0 spiro atoms. The van der Waals surface area contributed by atoms with E-state index in [0.717, 1.165) is 11.1 Å². The molecule has 0 saturated carbocycles. The first-order chi connectivity index (χ1) is 16.0. The number of H-pyrrole nitrogens is 1. The molecule has 1 unspecified atom stereocenters. The van der Waals surface area contributed by atoms with Crippen LogP contribution in [0.15, 0.2) is 87.5 Å². The van der Waals surface area contributed by atoms with Crippen LogP contribution in [0.2, 0.25) is 0 Å². The van der Waals surface area contributed by atoms with E-state index >= 15 is 0 Å². The van der Waals surface area contributed by atoms with Gasteiger partial charge in [-0.1, -0.05) is 65.9 Å². The number of hydrogen-bond donors (Lipinski definition) is 1. The zero-order chi connectivity index (χ0) is 22.9. The van der Waals surface area contributed by atoms with E-state index in [1.165, 1.54) is 11.8 Å². The van der Waals surface area contributed by atoms with Crippen molar-refractivity contribution in [3.8, 4) is 0 Å². The van der Waals surface area contributed by atoms with Gasteiger partial charge in [0.15, 0.2) is 5.16 Å². The van der Waals surface area contributed by atoms with Crippen molar-refractivity contribution in [3.63, 3.8) is 0 Å². The van der Waals surface area contributed by atoms with E-state index in [1.54, 1.807) is 16.7 Å². The lowest BCUT2D eigenvalue weighted by Gasteiger charge is -2.16. The summed E-state index contributed by atoms with van der Waals surface area (Å²) in [6.45, 7) is 4.40. The number of aromatic amines is 1. The fourth-order valence-electron chi connectivity index (χ4n) is 3.76. The standard InChI is InChI=1S/C26H22N4O2S/c1-16-11-13-18(14-12-16)15-30-25(32)20-8-4-6-10-22(20)28-26(30)33-17(2)23-27-21-9-5-3-7-19(21)24(31)29-23/h3-14,17H,15H2,1-2H3,(H,27,29,31). The topological polar surface area (TPSA) is 80.6 Å². The average molecular weight is 455 g/mol. The van der Waals surface area contributed by atoms with Gasteiger partial charge < -0.3 is 4.98 Å². The molecule has 5 rings (SSSR count). The lowest BCUT2D eigenvalue weighted by atomic mass is 10.1. The normalized spacial score (nSPS) is 12.3. The first kappa shape index (κ1) is 21.2. The maximum atomic E-state index is 13.4. The van der Waals surface area contributed by atoms with Gasteiger partial charge >= 0.3 is 0 Å². The number of nitrogens with one attached hydrogen (secondary N) is 1. The fourth-order valence-corrected chi connectivity index (χ4v) is 4.73. The monoisotopic (exact) mass is 454 g/mol. The van der Waals surface area contributed by atoms with Crippen LogP contribution in [0.3, 0.4) is 0 Å². The van der Waals surface area contributed by atoms with Gasteiger partial charge in [-0.05, 0) is 43.7 Å². The summed E-state index contributed by atoms with van der Waals surface area (Å²) < 4.78 is 1.70. The fraction of sp³-hybridized carbons (Fsp3) is 0.154. The van der Waals surface area contributed by atoms with Crippen molar-refractivity contribution in [2.45, 2.75) is 30.8 Å². The third-order valence-corrected chi connectivity index (χ3v) is 6.69. The van der Waals surface area contributed by atoms with Gasteiger partial charge in [0.1, 0.15) is 5.82 Å². The number of aryl methyl sites for hydroxylation is 1. The van der Waals surface area contributed by atoms with E-state index in [0.29, 0.717) is 39.3 Å². The Balaban J connectivity index is 1.58. The number of hydrogen-bond acceptors (Lipinski definition) is 5. The van der Waals surface area contributed by atoms with E-state index in [1.807, 2.05) is 74.5 Å². The summed E-state index contributed by atoms with van der Waals surface area (Å²) in [4.78, 5) is 38.3. The summed E-state index contributed by atoms with van der Waals surface area (Å²) in [6, 6.07) is 22.8. The summed E-state index contributed by atoms with van der Waals surface area (Å²) in [7, 11) is 0. The van der Waals surface area contributed by atoms with Crippen molar-refractivity contribution < 1.29 is 0 Å². The molecule has 2 heterocycles. The molecule has 0 aliphatic rings. The average Bonchev–Trinajstić information content (AvgIpc) is 2.83. The predicted molar refractivity (Wildman–Crippen MR) is 133 cm³/mol. The van der Waals surface area contributed by atoms with Gasteiger partial charge in [-0.25, -0.2) is 9.97 Å². The second-order valence-corrected chi connectivity index (χ2v) is 9.32. The first-order valence-corrected chi connectivity index (χ1v) is 11.6. The molecule has 5 aromatic rings. The van der Waals surface area contributed by atoms with E-state index < -0.39 is 0 Å². The highest BCUT2D eigenvalue weighted by molar-refractivity contribution is 7.99. The highest BCUT2D eigenvalue weighted by Crippen LogP contribution is 2.32. The SMILES string of the molecule is Cc1ccc(Cn2c(SC(C)c3nc4ccccc4c(=O)[nH]3)nc3ccccc3c2=O)cc1. The van der Waals surface area contributed by atoms with Gasteiger partial charge in [-0.3, -0.25) is 14.2 Å². The maximum absolute atomic E-state index is 13.4. The number of aromatic nitrogens is 4. The minimum atomic E-state index is -0.223. The van der Waals surface area contributed by atoms with Crippen LogP contribution in [0.25, 0.3) is 21.8 Å². The highest BCUT2D eigenvalue weighted by Gasteiger charge is 2.18. The second kappa shape index (κ2) is 8.67. The molecule has 2 aromatic heterocycles. The van der Waals surface area contributed by atoms with Crippen LogP contribution < -0.4 is 11.1 Å². The molecule has 7 heteroatoms. The third kappa shape index (κ3) is 4.19. The summed E-state index contributed by atoms with van der Waals surface area (Å²) in [6.07, 6.45) is 0. The van der Waals surface area contributed by atoms with Crippen molar-refractivity contribution >= 4 is 33.6 Å². The number of nitrogens with zero attached hydrogens (tertiary/aromatic N) is 3. The predicted octanol–water partition coefficient (Wildman–Crippen LogP) is 4.84. The van der Waals surface area contributed by atoms with Crippen LogP contribution in [0.5, 0.6) is 0 Å². The molecule has 0 aliphatic heterocycles. The van der Waals surface area contributed by atoms with E-state index in [2.05, 4.69) is 9.97 Å². The Hall–Kier alpha value is -3.71. The van der Waals surface area contributed by atoms with Gasteiger partial charge in [-0.15, -0.1) is 0 Å². The Morgan fingerprint density at radius 3 is 2.24 bits per heavy atom. The van der Waals surface area contributed by atoms with Crippen molar-refractivity contribution in [3.05, 3.63) is 110 Å². The minimum absolute atomic E-state index is 0.0872. The second-order valence-electron chi connectivity index (χ2n) is 8.02. The molecule has 3 aromatic carbocycles. The molecule has 33 heavy (non-hydrogen) atoms. The largest absolute Gasteiger partial charge is 0.309 e. The number of benzene rings is 3. The van der Waals surface area contributed by atoms with Crippen molar-refractivity contribution in [2.24, 2.45) is 0 Å². The lowest BCUT2D eigenvalue weighted by Crippen LogP contribution is -2.24. The van der Waals surface area contributed by atoms with E-state index in [9.17, 15) is 9.59 Å². The zero-order valence-corrected chi connectivity index (χ0v) is 19.1. The summed E-state index contributed by atoms with van der Waals surface area (Å²) >= 11 is 1.41. The van der Waals surface area contributed by atoms with Crippen LogP contribution >= 0.6 is 11.8 Å². The molecule has 0 fully saturated rings. The van der Waals surface area contributed by atoms with Crippen molar-refractivity contribution in [2.75, 3.05) is 0 Å². The smallest absolute Gasteiger partial charge is 0.262 e. The van der Waals surface area contributed by atoms with E-state index in [-0.39, 0.29) is 16.4 Å². The molecule has 1 N–H and O–H groups in total. The molecule has 0 bridgehead atoms.